The number of benzene rings is 2. The van der Waals surface area contributed by atoms with Crippen LogP contribution in [-0.2, 0) is 6.54 Å². The van der Waals surface area contributed by atoms with Crippen molar-refractivity contribution in [2.75, 3.05) is 6.54 Å². The SMILES string of the molecule is Cc1ccccc1-n1c(CN2CCCCC2C)nc2ccc(Br)cc2c1=O. The lowest BCUT2D eigenvalue weighted by atomic mass is 10.0. The number of hydrogen-bond acceptors (Lipinski definition) is 3. The molecular formula is C22H24BrN3O. The second kappa shape index (κ2) is 7.56. The third-order valence-electron chi connectivity index (χ3n) is 5.54. The summed E-state index contributed by atoms with van der Waals surface area (Å²) in [6, 6.07) is 14.3. The Morgan fingerprint density at radius 2 is 2.00 bits per heavy atom. The molecule has 4 nitrogen and oxygen atoms in total. The van der Waals surface area contributed by atoms with E-state index in [2.05, 4.69) is 27.8 Å². The Morgan fingerprint density at radius 1 is 1.19 bits per heavy atom. The first kappa shape index (κ1) is 18.4. The highest BCUT2D eigenvalue weighted by molar-refractivity contribution is 9.10. The number of para-hydroxylation sites is 1. The molecule has 1 saturated heterocycles. The maximum atomic E-state index is 13.5. The van der Waals surface area contributed by atoms with E-state index < -0.39 is 0 Å². The lowest BCUT2D eigenvalue weighted by Gasteiger charge is -2.33. The zero-order valence-electron chi connectivity index (χ0n) is 15.8. The molecule has 1 fully saturated rings. The van der Waals surface area contributed by atoms with Gasteiger partial charge in [0.2, 0.25) is 0 Å². The summed E-state index contributed by atoms with van der Waals surface area (Å²) >= 11 is 3.48. The molecule has 4 rings (SSSR count). The van der Waals surface area contributed by atoms with E-state index in [0.29, 0.717) is 18.0 Å². The van der Waals surface area contributed by atoms with Crippen molar-refractivity contribution in [3.05, 3.63) is 68.7 Å². The van der Waals surface area contributed by atoms with Crippen molar-refractivity contribution in [2.24, 2.45) is 0 Å². The smallest absolute Gasteiger partial charge is 0.266 e. The molecule has 27 heavy (non-hydrogen) atoms. The van der Waals surface area contributed by atoms with Gasteiger partial charge in [-0.25, -0.2) is 4.98 Å². The predicted octanol–water partition coefficient (Wildman–Crippen LogP) is 4.83. The summed E-state index contributed by atoms with van der Waals surface area (Å²) in [4.78, 5) is 20.8. The van der Waals surface area contributed by atoms with Crippen LogP contribution >= 0.6 is 15.9 Å². The second-order valence-corrected chi connectivity index (χ2v) is 8.35. The number of likely N-dealkylation sites (tertiary alicyclic amines) is 1. The number of aryl methyl sites for hydroxylation is 1. The standard InChI is InChI=1S/C22H24BrN3O/c1-15-7-3-4-9-20(15)26-21(14-25-12-6-5-8-16(25)2)24-19-11-10-17(23)13-18(19)22(26)27/h3-4,7,9-11,13,16H,5-6,8,12,14H2,1-2H3. The fraction of sp³-hybridized carbons (Fsp3) is 0.364. The predicted molar refractivity (Wildman–Crippen MR) is 114 cm³/mol. The summed E-state index contributed by atoms with van der Waals surface area (Å²) in [5.74, 6) is 0.817. The molecule has 3 aromatic rings. The van der Waals surface area contributed by atoms with Crippen LogP contribution in [-0.4, -0.2) is 27.0 Å². The van der Waals surface area contributed by atoms with Gasteiger partial charge in [0.1, 0.15) is 5.82 Å². The number of piperidine rings is 1. The highest BCUT2D eigenvalue weighted by Crippen LogP contribution is 2.23. The molecule has 5 heteroatoms. The van der Waals surface area contributed by atoms with Crippen molar-refractivity contribution in [1.82, 2.24) is 14.5 Å². The van der Waals surface area contributed by atoms with E-state index in [9.17, 15) is 4.79 Å². The topological polar surface area (TPSA) is 38.1 Å². The first-order valence-corrected chi connectivity index (χ1v) is 10.3. The zero-order valence-corrected chi connectivity index (χ0v) is 17.4. The monoisotopic (exact) mass is 425 g/mol. The molecule has 0 radical (unpaired) electrons. The van der Waals surface area contributed by atoms with Crippen molar-refractivity contribution >= 4 is 26.8 Å². The number of fused-ring (bicyclic) bond motifs is 1. The van der Waals surface area contributed by atoms with Gasteiger partial charge in [0, 0.05) is 10.5 Å². The normalized spacial score (nSPS) is 18.1. The summed E-state index contributed by atoms with van der Waals surface area (Å²) < 4.78 is 2.70. The Kier molecular flexibility index (Phi) is 5.15. The molecule has 1 unspecified atom stereocenters. The maximum absolute atomic E-state index is 13.5. The molecule has 0 spiro atoms. The van der Waals surface area contributed by atoms with Gasteiger partial charge in [-0.2, -0.15) is 0 Å². The summed E-state index contributed by atoms with van der Waals surface area (Å²) in [7, 11) is 0. The van der Waals surface area contributed by atoms with E-state index in [1.165, 1.54) is 19.3 Å². The minimum Gasteiger partial charge on any atom is -0.293 e. The Hall–Kier alpha value is -1.98. The average molecular weight is 426 g/mol. The zero-order chi connectivity index (χ0) is 19.0. The van der Waals surface area contributed by atoms with Gasteiger partial charge in [-0.3, -0.25) is 14.3 Å². The van der Waals surface area contributed by atoms with Crippen LogP contribution in [0.25, 0.3) is 16.6 Å². The third-order valence-corrected chi connectivity index (χ3v) is 6.03. The van der Waals surface area contributed by atoms with Gasteiger partial charge in [0.15, 0.2) is 0 Å². The Bertz CT molecular complexity index is 1040. The molecule has 1 aliphatic rings. The van der Waals surface area contributed by atoms with Gasteiger partial charge < -0.3 is 0 Å². The second-order valence-electron chi connectivity index (χ2n) is 7.43. The van der Waals surface area contributed by atoms with Crippen LogP contribution in [0.2, 0.25) is 0 Å². The summed E-state index contributed by atoms with van der Waals surface area (Å²) in [5.41, 5.74) is 2.74. The van der Waals surface area contributed by atoms with Crippen LogP contribution in [0.15, 0.2) is 51.7 Å². The van der Waals surface area contributed by atoms with E-state index >= 15 is 0 Å². The molecular weight excluding hydrogens is 402 g/mol. The van der Waals surface area contributed by atoms with E-state index in [0.717, 1.165) is 33.6 Å². The van der Waals surface area contributed by atoms with E-state index in [-0.39, 0.29) is 5.56 Å². The Balaban J connectivity index is 1.93. The number of nitrogens with zero attached hydrogens (tertiary/aromatic N) is 3. The average Bonchev–Trinajstić information content (AvgIpc) is 2.66. The summed E-state index contributed by atoms with van der Waals surface area (Å²) in [6.07, 6.45) is 3.69. The minimum absolute atomic E-state index is 0.00439. The van der Waals surface area contributed by atoms with Gasteiger partial charge in [-0.1, -0.05) is 40.5 Å². The third kappa shape index (κ3) is 3.58. The molecule has 0 aliphatic carbocycles. The van der Waals surface area contributed by atoms with Crippen LogP contribution < -0.4 is 5.56 Å². The molecule has 1 aromatic heterocycles. The van der Waals surface area contributed by atoms with E-state index in [1.54, 1.807) is 0 Å². The van der Waals surface area contributed by atoms with Gasteiger partial charge in [0.05, 0.1) is 23.1 Å². The van der Waals surface area contributed by atoms with Crippen LogP contribution in [0.1, 0.15) is 37.6 Å². The molecule has 0 bridgehead atoms. The number of rotatable bonds is 3. The van der Waals surface area contributed by atoms with Crippen LogP contribution in [0.4, 0.5) is 0 Å². The van der Waals surface area contributed by atoms with Crippen molar-refractivity contribution in [2.45, 2.75) is 45.7 Å². The van der Waals surface area contributed by atoms with Gasteiger partial charge in [-0.15, -0.1) is 0 Å². The highest BCUT2D eigenvalue weighted by Gasteiger charge is 2.22. The Labute approximate surface area is 168 Å². The van der Waals surface area contributed by atoms with E-state index in [4.69, 9.17) is 4.98 Å². The fourth-order valence-corrected chi connectivity index (χ4v) is 4.31. The molecule has 1 atom stereocenters. The lowest BCUT2D eigenvalue weighted by molar-refractivity contribution is 0.148. The fourth-order valence-electron chi connectivity index (χ4n) is 3.95. The summed E-state index contributed by atoms with van der Waals surface area (Å²) in [6.45, 7) is 6.06. The quantitative estimate of drug-likeness (QED) is 0.602. The Morgan fingerprint density at radius 3 is 2.78 bits per heavy atom. The largest absolute Gasteiger partial charge is 0.293 e. The molecule has 2 aromatic carbocycles. The van der Waals surface area contributed by atoms with Gasteiger partial charge in [0.25, 0.3) is 5.56 Å². The van der Waals surface area contributed by atoms with Crippen molar-refractivity contribution in [1.29, 1.82) is 0 Å². The summed E-state index contributed by atoms with van der Waals surface area (Å²) in [5, 5.41) is 0.642. The minimum atomic E-state index is -0.00439. The van der Waals surface area contributed by atoms with Crippen LogP contribution in [0.5, 0.6) is 0 Å². The van der Waals surface area contributed by atoms with Gasteiger partial charge >= 0.3 is 0 Å². The molecule has 0 N–H and O–H groups in total. The van der Waals surface area contributed by atoms with Crippen molar-refractivity contribution in [3.8, 4) is 5.69 Å². The lowest BCUT2D eigenvalue weighted by Crippen LogP contribution is -2.39. The van der Waals surface area contributed by atoms with Gasteiger partial charge in [-0.05, 0) is 63.1 Å². The van der Waals surface area contributed by atoms with E-state index in [1.807, 2.05) is 54.0 Å². The number of halogens is 1. The first-order chi connectivity index (χ1) is 13.0. The van der Waals surface area contributed by atoms with Crippen molar-refractivity contribution < 1.29 is 0 Å². The van der Waals surface area contributed by atoms with Crippen molar-refractivity contribution in [3.63, 3.8) is 0 Å². The number of hydrogen-bond donors (Lipinski definition) is 0. The van der Waals surface area contributed by atoms with Crippen LogP contribution in [0.3, 0.4) is 0 Å². The first-order valence-electron chi connectivity index (χ1n) is 9.56. The number of aromatic nitrogens is 2. The molecule has 140 valence electrons. The maximum Gasteiger partial charge on any atom is 0.266 e. The molecule has 1 aliphatic heterocycles. The molecule has 0 saturated carbocycles. The molecule has 2 heterocycles. The highest BCUT2D eigenvalue weighted by atomic mass is 79.9. The molecule has 0 amide bonds. The van der Waals surface area contributed by atoms with Crippen LogP contribution in [0, 0.1) is 6.92 Å².